The molecule has 5 aromatic rings. The van der Waals surface area contributed by atoms with Crippen LogP contribution in [0.15, 0.2) is 109 Å². The van der Waals surface area contributed by atoms with Crippen molar-refractivity contribution in [3.63, 3.8) is 0 Å². The van der Waals surface area contributed by atoms with Gasteiger partial charge in [-0.05, 0) is 36.1 Å². The zero-order valence-corrected chi connectivity index (χ0v) is 37.7. The summed E-state index contributed by atoms with van der Waals surface area (Å²) < 4.78 is 1.26. The van der Waals surface area contributed by atoms with Gasteiger partial charge in [0.1, 0.15) is 0 Å². The summed E-state index contributed by atoms with van der Waals surface area (Å²) in [5, 5.41) is 7.10. The SMILES string of the molecule is CC1=CC(C)(C)c2cc3[cH-]c4cc5c(cc4c3cc21)C(C)=CC5(C)C.CCCCC1[C-]=CC(C(C)(C)C)=C1.Clc1cccc([C](=[Zr+2])c2cccc(Cl)c2)c1. The molecule has 0 radical (unpaired) electrons. The molecule has 54 heavy (non-hydrogen) atoms. The van der Waals surface area contributed by atoms with Crippen LogP contribution in [0.1, 0.15) is 122 Å². The first kappa shape index (κ1) is 40.7. The van der Waals surface area contributed by atoms with Gasteiger partial charge >= 0.3 is 120 Å². The molecule has 0 fully saturated rings. The van der Waals surface area contributed by atoms with Crippen molar-refractivity contribution in [1.82, 2.24) is 0 Å². The number of benzene rings is 4. The first-order valence-corrected chi connectivity index (χ1v) is 21.4. The summed E-state index contributed by atoms with van der Waals surface area (Å²) in [6, 6.07) is 27.9. The van der Waals surface area contributed by atoms with Crippen molar-refractivity contribution in [2.24, 2.45) is 11.3 Å². The third-order valence-electron chi connectivity index (χ3n) is 11.2. The normalized spacial score (nSPS) is 17.6. The zero-order valence-electron chi connectivity index (χ0n) is 33.8. The minimum absolute atomic E-state index is 0.139. The molecule has 0 saturated carbocycles. The van der Waals surface area contributed by atoms with Crippen LogP contribution in [-0.4, -0.2) is 3.21 Å². The van der Waals surface area contributed by atoms with Gasteiger partial charge in [-0.15, -0.1) is 39.7 Å². The second-order valence-corrected chi connectivity index (χ2v) is 19.6. The van der Waals surface area contributed by atoms with Gasteiger partial charge in [-0.1, -0.05) is 121 Å². The molecule has 0 amide bonds. The van der Waals surface area contributed by atoms with Gasteiger partial charge in [0, 0.05) is 10.8 Å². The zero-order chi connectivity index (χ0) is 39.2. The van der Waals surface area contributed by atoms with E-state index in [9.17, 15) is 0 Å². The summed E-state index contributed by atoms with van der Waals surface area (Å²) in [5.74, 6) is 0.592. The average Bonchev–Trinajstić information content (AvgIpc) is 3.84. The molecule has 3 heteroatoms. The summed E-state index contributed by atoms with van der Waals surface area (Å²) in [6.07, 6.45) is 16.7. The van der Waals surface area contributed by atoms with Crippen molar-refractivity contribution in [2.75, 3.05) is 0 Å². The second kappa shape index (κ2) is 15.9. The Morgan fingerprint density at radius 1 is 0.759 bits per heavy atom. The summed E-state index contributed by atoms with van der Waals surface area (Å²) in [6.45, 7) is 22.8. The van der Waals surface area contributed by atoms with Crippen LogP contribution in [0.4, 0.5) is 0 Å². The summed E-state index contributed by atoms with van der Waals surface area (Å²) in [4.78, 5) is 0. The topological polar surface area (TPSA) is 0 Å². The van der Waals surface area contributed by atoms with E-state index in [0.29, 0.717) is 11.3 Å². The number of allylic oxidation sites excluding steroid dienone is 8. The van der Waals surface area contributed by atoms with Crippen LogP contribution in [-0.2, 0) is 35.1 Å². The van der Waals surface area contributed by atoms with Crippen LogP contribution in [0.3, 0.4) is 0 Å². The van der Waals surface area contributed by atoms with Crippen LogP contribution >= 0.6 is 23.2 Å². The Balaban J connectivity index is 0.000000149. The van der Waals surface area contributed by atoms with Crippen LogP contribution < -0.4 is 0 Å². The molecule has 0 saturated heterocycles. The van der Waals surface area contributed by atoms with E-state index in [2.05, 4.69) is 142 Å². The van der Waals surface area contributed by atoms with Gasteiger partial charge in [-0.25, -0.2) is 6.08 Å². The molecule has 0 nitrogen and oxygen atoms in total. The Labute approximate surface area is 349 Å². The van der Waals surface area contributed by atoms with Crippen molar-refractivity contribution in [2.45, 2.75) is 99.3 Å². The van der Waals surface area contributed by atoms with Crippen LogP contribution in [0, 0.1) is 17.4 Å². The van der Waals surface area contributed by atoms with E-state index in [-0.39, 0.29) is 10.8 Å². The predicted molar refractivity (Wildman–Crippen MR) is 235 cm³/mol. The standard InChI is InChI=1S/C25H25.C13H8Cl2.C13H21.Zr/c1-14-12-24(3,4)22-8-16-7-17-9-23-19(15(2)13-25(23,5)6)11-21(17)20(16)10-18(14)22;14-12-5-1-3-10(8-12)7-11-4-2-6-13(15)9-11;1-5-6-7-11-8-9-12(10-11)13(2,3)4;/h7-13H,1-6H3;1-6,8-9H;9-11H,5-7H2,1-4H3;/q-1;;-1;+2. The van der Waals surface area contributed by atoms with E-state index in [4.69, 9.17) is 23.2 Å². The first-order chi connectivity index (χ1) is 25.4. The third-order valence-corrected chi connectivity index (χ3v) is 13.1. The van der Waals surface area contributed by atoms with Gasteiger partial charge < -0.3 is 0 Å². The molecule has 0 bridgehead atoms. The molecule has 5 aromatic carbocycles. The number of hydrogen-bond donors (Lipinski definition) is 0. The first-order valence-electron chi connectivity index (χ1n) is 19.4. The molecule has 1 unspecified atom stereocenters. The van der Waals surface area contributed by atoms with Crippen LogP contribution in [0.25, 0.3) is 32.7 Å². The van der Waals surface area contributed by atoms with Crippen LogP contribution in [0.5, 0.6) is 0 Å². The molecular formula is C51H54Cl2Zr. The molecule has 1 atom stereocenters. The molecule has 0 aromatic heterocycles. The Morgan fingerprint density at radius 3 is 1.65 bits per heavy atom. The number of rotatable bonds is 5. The van der Waals surface area contributed by atoms with Crippen molar-refractivity contribution in [3.05, 3.63) is 158 Å². The van der Waals surface area contributed by atoms with Gasteiger partial charge in [0.15, 0.2) is 0 Å². The summed E-state index contributed by atoms with van der Waals surface area (Å²) >= 11 is 13.3. The molecule has 0 spiro atoms. The molecule has 276 valence electrons. The molecule has 0 heterocycles. The number of halogens is 2. The van der Waals surface area contributed by atoms with Gasteiger partial charge in [0.25, 0.3) is 0 Å². The Morgan fingerprint density at radius 2 is 1.24 bits per heavy atom. The Hall–Kier alpha value is -2.96. The van der Waals surface area contributed by atoms with Crippen LogP contribution in [0.2, 0.25) is 10.0 Å². The molecule has 3 aliphatic carbocycles. The quantitative estimate of drug-likeness (QED) is 0.155. The summed E-state index contributed by atoms with van der Waals surface area (Å²) in [7, 11) is 0. The summed E-state index contributed by atoms with van der Waals surface area (Å²) in [5.41, 5.74) is 13.0. The van der Waals surface area contributed by atoms with Gasteiger partial charge in [0.2, 0.25) is 0 Å². The van der Waals surface area contributed by atoms with Crippen molar-refractivity contribution in [3.8, 4) is 0 Å². The van der Waals surface area contributed by atoms with Crippen molar-refractivity contribution in [1.29, 1.82) is 0 Å². The fraction of sp³-hybridized carbons (Fsp3) is 0.333. The van der Waals surface area contributed by atoms with E-state index in [1.165, 1.54) is 107 Å². The van der Waals surface area contributed by atoms with Gasteiger partial charge in [-0.3, -0.25) is 6.08 Å². The monoisotopic (exact) mass is 826 g/mol. The maximum absolute atomic E-state index is 5.98. The molecular weight excluding hydrogens is 775 g/mol. The Kier molecular flexibility index (Phi) is 12.0. The molecule has 0 aliphatic heterocycles. The number of hydrogen-bond acceptors (Lipinski definition) is 0. The van der Waals surface area contributed by atoms with Crippen molar-refractivity contribution >= 4 is 59.1 Å². The van der Waals surface area contributed by atoms with E-state index in [1.54, 1.807) is 0 Å². The average molecular weight is 829 g/mol. The second-order valence-electron chi connectivity index (χ2n) is 17.5. The molecule has 3 aliphatic rings. The third kappa shape index (κ3) is 8.70. The van der Waals surface area contributed by atoms with Gasteiger partial charge in [0.05, 0.1) is 0 Å². The number of unbranched alkanes of at least 4 members (excludes halogenated alkanes) is 1. The Bertz CT molecular complexity index is 2220. The fourth-order valence-corrected chi connectivity index (χ4v) is 9.38. The molecule has 0 N–H and O–H groups in total. The van der Waals surface area contributed by atoms with E-state index < -0.39 is 0 Å². The maximum atomic E-state index is 5.98. The predicted octanol–water partition coefficient (Wildman–Crippen LogP) is 15.3. The number of fused-ring (bicyclic) bond motifs is 5. The van der Waals surface area contributed by atoms with E-state index in [0.717, 1.165) is 21.2 Å². The minimum atomic E-state index is 0.139. The molecule has 8 rings (SSSR count). The van der Waals surface area contributed by atoms with Crippen molar-refractivity contribution < 1.29 is 24.2 Å². The van der Waals surface area contributed by atoms with E-state index >= 15 is 0 Å². The van der Waals surface area contributed by atoms with Gasteiger partial charge in [-0.2, -0.15) is 11.6 Å². The fourth-order valence-electron chi connectivity index (χ4n) is 8.24. The van der Waals surface area contributed by atoms with E-state index in [1.807, 2.05) is 36.4 Å².